The molecule has 19 heavy (non-hydrogen) atoms. The Morgan fingerprint density at radius 3 is 2.37 bits per heavy atom. The van der Waals surface area contributed by atoms with E-state index >= 15 is 0 Å². The van der Waals surface area contributed by atoms with Crippen molar-refractivity contribution in [1.29, 1.82) is 0 Å². The summed E-state index contributed by atoms with van der Waals surface area (Å²) in [5, 5.41) is 0. The molecule has 4 heteroatoms. The van der Waals surface area contributed by atoms with Crippen LogP contribution in [-0.4, -0.2) is 9.97 Å². The van der Waals surface area contributed by atoms with Gasteiger partial charge in [0.05, 0.1) is 16.3 Å². The van der Waals surface area contributed by atoms with Crippen molar-refractivity contribution in [3.63, 3.8) is 0 Å². The Hall–Kier alpha value is -2.20. The summed E-state index contributed by atoms with van der Waals surface area (Å²) < 4.78 is 0. The van der Waals surface area contributed by atoms with Crippen molar-refractivity contribution in [2.24, 2.45) is 0 Å². The number of hydrogen-bond donors (Lipinski definition) is 1. The molecule has 0 spiro atoms. The number of nitrogens with two attached hydrogens (primary N) is 1. The smallest absolute Gasteiger partial charge is 0.221 e. The van der Waals surface area contributed by atoms with E-state index in [0.29, 0.717) is 5.95 Å². The van der Waals surface area contributed by atoms with Gasteiger partial charge in [0, 0.05) is 10.4 Å². The zero-order valence-corrected chi connectivity index (χ0v) is 11.3. The highest BCUT2D eigenvalue weighted by atomic mass is 32.1. The molecule has 0 bridgehead atoms. The molecule has 2 heterocycles. The second kappa shape index (κ2) is 4.82. The van der Waals surface area contributed by atoms with Crippen LogP contribution in [0.2, 0.25) is 0 Å². The molecule has 0 amide bonds. The molecule has 94 valence electrons. The van der Waals surface area contributed by atoms with Crippen LogP contribution in [0.4, 0.5) is 5.95 Å². The van der Waals surface area contributed by atoms with Crippen LogP contribution in [0.5, 0.6) is 0 Å². The molecule has 0 fully saturated rings. The highest BCUT2D eigenvalue weighted by molar-refractivity contribution is 7.15. The molecular formula is C15H13N3S. The zero-order valence-electron chi connectivity index (χ0n) is 10.5. The van der Waals surface area contributed by atoms with E-state index in [1.165, 1.54) is 4.88 Å². The second-order valence-corrected chi connectivity index (χ2v) is 5.56. The normalized spacial score (nSPS) is 10.6. The third-order valence-corrected chi connectivity index (χ3v) is 3.83. The summed E-state index contributed by atoms with van der Waals surface area (Å²) in [7, 11) is 0. The number of anilines is 1. The van der Waals surface area contributed by atoms with E-state index < -0.39 is 0 Å². The van der Waals surface area contributed by atoms with Crippen LogP contribution in [-0.2, 0) is 0 Å². The van der Waals surface area contributed by atoms with Crippen LogP contribution in [0, 0.1) is 6.92 Å². The number of nitrogen functional groups attached to an aromatic ring is 1. The van der Waals surface area contributed by atoms with Gasteiger partial charge in [-0.2, -0.15) is 0 Å². The Balaban J connectivity index is 2.11. The zero-order chi connectivity index (χ0) is 13.2. The maximum Gasteiger partial charge on any atom is 0.221 e. The van der Waals surface area contributed by atoms with Gasteiger partial charge in [0.15, 0.2) is 0 Å². The van der Waals surface area contributed by atoms with Gasteiger partial charge in [-0.05, 0) is 25.1 Å². The van der Waals surface area contributed by atoms with Crippen molar-refractivity contribution in [3.05, 3.63) is 53.4 Å². The number of hydrogen-bond acceptors (Lipinski definition) is 4. The Kier molecular flexibility index (Phi) is 3.01. The van der Waals surface area contributed by atoms with Gasteiger partial charge in [-0.25, -0.2) is 9.97 Å². The molecule has 0 aliphatic rings. The maximum absolute atomic E-state index is 5.82. The lowest BCUT2D eigenvalue weighted by Gasteiger charge is -2.04. The van der Waals surface area contributed by atoms with E-state index in [4.69, 9.17) is 5.73 Å². The first-order chi connectivity index (χ1) is 9.22. The number of nitrogens with zero attached hydrogens (tertiary/aromatic N) is 2. The first kappa shape index (κ1) is 11.9. The lowest BCUT2D eigenvalue weighted by atomic mass is 10.1. The number of rotatable bonds is 2. The molecule has 0 saturated heterocycles. The Morgan fingerprint density at radius 2 is 1.68 bits per heavy atom. The van der Waals surface area contributed by atoms with Gasteiger partial charge in [0.2, 0.25) is 5.95 Å². The van der Waals surface area contributed by atoms with E-state index in [9.17, 15) is 0 Å². The lowest BCUT2D eigenvalue weighted by Crippen LogP contribution is -1.97. The molecule has 3 nitrogen and oxygen atoms in total. The first-order valence-corrected chi connectivity index (χ1v) is 6.81. The fourth-order valence-corrected chi connectivity index (χ4v) is 2.75. The van der Waals surface area contributed by atoms with E-state index in [-0.39, 0.29) is 0 Å². The van der Waals surface area contributed by atoms with Gasteiger partial charge in [0.1, 0.15) is 0 Å². The van der Waals surface area contributed by atoms with Crippen molar-refractivity contribution in [1.82, 2.24) is 9.97 Å². The van der Waals surface area contributed by atoms with E-state index in [2.05, 4.69) is 29.0 Å². The third-order valence-electron chi connectivity index (χ3n) is 2.81. The SMILES string of the molecule is Cc1ccc(-c2cc(-c3ccccc3)nc(N)n2)s1. The molecule has 2 N–H and O–H groups in total. The van der Waals surface area contributed by atoms with Crippen LogP contribution in [0.25, 0.3) is 21.8 Å². The average molecular weight is 267 g/mol. The molecule has 0 aliphatic carbocycles. The van der Waals surface area contributed by atoms with Crippen LogP contribution in [0.15, 0.2) is 48.5 Å². The highest BCUT2D eigenvalue weighted by Crippen LogP contribution is 2.29. The molecule has 0 radical (unpaired) electrons. The number of thiophene rings is 1. The van der Waals surface area contributed by atoms with Gasteiger partial charge in [-0.1, -0.05) is 30.3 Å². The fourth-order valence-electron chi connectivity index (χ4n) is 1.92. The summed E-state index contributed by atoms with van der Waals surface area (Å²) in [6.45, 7) is 2.08. The van der Waals surface area contributed by atoms with E-state index in [0.717, 1.165) is 21.8 Å². The molecule has 2 aromatic heterocycles. The van der Waals surface area contributed by atoms with Crippen LogP contribution >= 0.6 is 11.3 Å². The molecule has 0 saturated carbocycles. The monoisotopic (exact) mass is 267 g/mol. The molecule has 0 atom stereocenters. The van der Waals surface area contributed by atoms with Gasteiger partial charge in [-0.3, -0.25) is 0 Å². The van der Waals surface area contributed by atoms with Crippen molar-refractivity contribution in [2.45, 2.75) is 6.92 Å². The topological polar surface area (TPSA) is 51.8 Å². The number of aryl methyl sites for hydroxylation is 1. The summed E-state index contributed by atoms with van der Waals surface area (Å²) in [4.78, 5) is 11.0. The summed E-state index contributed by atoms with van der Waals surface area (Å²) in [6.07, 6.45) is 0. The summed E-state index contributed by atoms with van der Waals surface area (Å²) in [5.41, 5.74) is 8.61. The molecule has 0 aliphatic heterocycles. The number of benzene rings is 1. The minimum absolute atomic E-state index is 0.308. The summed E-state index contributed by atoms with van der Waals surface area (Å²) in [6, 6.07) is 16.1. The molecule has 3 aromatic rings. The average Bonchev–Trinajstić information content (AvgIpc) is 2.86. The minimum atomic E-state index is 0.308. The molecule has 0 unspecified atom stereocenters. The summed E-state index contributed by atoms with van der Waals surface area (Å²) in [5.74, 6) is 0.308. The van der Waals surface area contributed by atoms with E-state index in [1.54, 1.807) is 11.3 Å². The minimum Gasteiger partial charge on any atom is -0.368 e. The largest absolute Gasteiger partial charge is 0.368 e. The van der Waals surface area contributed by atoms with Crippen molar-refractivity contribution in [2.75, 3.05) is 5.73 Å². The fraction of sp³-hybridized carbons (Fsp3) is 0.0667. The lowest BCUT2D eigenvalue weighted by molar-refractivity contribution is 1.20. The quantitative estimate of drug-likeness (QED) is 0.769. The van der Waals surface area contributed by atoms with Crippen molar-refractivity contribution >= 4 is 17.3 Å². The first-order valence-electron chi connectivity index (χ1n) is 5.99. The Labute approximate surface area is 115 Å². The standard InChI is InChI=1S/C15H13N3S/c1-10-7-8-14(19-10)13-9-12(17-15(16)18-13)11-5-3-2-4-6-11/h2-9H,1H3,(H2,16,17,18). The van der Waals surface area contributed by atoms with Crippen LogP contribution in [0.1, 0.15) is 4.88 Å². The molecule has 3 rings (SSSR count). The predicted molar refractivity (Wildman–Crippen MR) is 79.9 cm³/mol. The molecule has 1 aromatic carbocycles. The Morgan fingerprint density at radius 1 is 0.947 bits per heavy atom. The van der Waals surface area contributed by atoms with Gasteiger partial charge in [-0.15, -0.1) is 11.3 Å². The third kappa shape index (κ3) is 2.48. The van der Waals surface area contributed by atoms with E-state index in [1.807, 2.05) is 36.4 Å². The molecular weight excluding hydrogens is 254 g/mol. The maximum atomic E-state index is 5.82. The van der Waals surface area contributed by atoms with Crippen LogP contribution < -0.4 is 5.73 Å². The van der Waals surface area contributed by atoms with Crippen LogP contribution in [0.3, 0.4) is 0 Å². The predicted octanol–water partition coefficient (Wildman–Crippen LogP) is 3.76. The highest BCUT2D eigenvalue weighted by Gasteiger charge is 2.08. The number of aromatic nitrogens is 2. The van der Waals surface area contributed by atoms with Crippen molar-refractivity contribution in [3.8, 4) is 21.8 Å². The van der Waals surface area contributed by atoms with Gasteiger partial charge in [0.25, 0.3) is 0 Å². The Bertz CT molecular complexity index is 704. The van der Waals surface area contributed by atoms with Gasteiger partial charge < -0.3 is 5.73 Å². The second-order valence-electron chi connectivity index (χ2n) is 4.27. The van der Waals surface area contributed by atoms with Gasteiger partial charge >= 0.3 is 0 Å². The summed E-state index contributed by atoms with van der Waals surface area (Å²) >= 11 is 1.71. The van der Waals surface area contributed by atoms with Crippen molar-refractivity contribution < 1.29 is 0 Å².